The van der Waals surface area contributed by atoms with Crippen molar-refractivity contribution in [1.29, 1.82) is 0 Å². The van der Waals surface area contributed by atoms with Crippen LogP contribution < -0.4 is 4.90 Å². The molecular weight excluding hydrogens is 657 g/mol. The fourth-order valence-corrected chi connectivity index (χ4v) is 13.0. The molecule has 0 aromatic heterocycles. The van der Waals surface area contributed by atoms with Crippen LogP contribution in [-0.2, 0) is 4.74 Å². The average Bonchev–Trinajstić information content (AvgIpc) is 3.84. The van der Waals surface area contributed by atoms with Crippen LogP contribution >= 0.6 is 0 Å². The van der Waals surface area contributed by atoms with E-state index in [1.807, 2.05) is 0 Å². The normalized spacial score (nSPS) is 36.9. The van der Waals surface area contributed by atoms with E-state index in [2.05, 4.69) is 145 Å². The number of benzene rings is 2. The first-order valence-corrected chi connectivity index (χ1v) is 21.5. The monoisotopic (exact) mass is 712 g/mol. The maximum atomic E-state index is 6.89. The molecular formula is C51H56N2O. The van der Waals surface area contributed by atoms with Crippen LogP contribution in [0.15, 0.2) is 149 Å². The third kappa shape index (κ3) is 5.21. The molecule has 3 heteroatoms. The van der Waals surface area contributed by atoms with Gasteiger partial charge in [-0.25, -0.2) is 0 Å². The zero-order chi connectivity index (χ0) is 36.0. The van der Waals surface area contributed by atoms with Gasteiger partial charge in [-0.2, -0.15) is 0 Å². The minimum absolute atomic E-state index is 0.239. The van der Waals surface area contributed by atoms with E-state index in [4.69, 9.17) is 4.74 Å². The highest BCUT2D eigenvalue weighted by molar-refractivity contribution is 5.76. The Labute approximate surface area is 323 Å². The molecule has 11 rings (SSSR count). The van der Waals surface area contributed by atoms with Crippen molar-refractivity contribution in [3.8, 4) is 0 Å². The van der Waals surface area contributed by atoms with E-state index in [0.717, 1.165) is 6.42 Å². The molecule has 1 saturated carbocycles. The van der Waals surface area contributed by atoms with Gasteiger partial charge in [-0.3, -0.25) is 4.90 Å². The maximum absolute atomic E-state index is 6.89. The first-order valence-electron chi connectivity index (χ1n) is 21.5. The fourth-order valence-electron chi connectivity index (χ4n) is 13.0. The quantitative estimate of drug-likeness (QED) is 0.287. The lowest BCUT2D eigenvalue weighted by molar-refractivity contribution is -0.0249. The van der Waals surface area contributed by atoms with Crippen LogP contribution in [0.4, 0.5) is 11.4 Å². The molecule has 3 nitrogen and oxygen atoms in total. The standard InChI is InChI=1S/C51H56N2O/c1-51(2)43-18-9-6-15-38(43)39-29-28-37(32-44(39)51)52(47-20-12-22-49-50(47)41-17-8-11-21-48(41)54-49)36-26-23-33(24-27-36)34-25-30-46-42(31-34)40-16-7-10-19-45(40)53(46)35-13-4-3-5-14-35/h3-7,10-11,13-16,19,21,23-26,29-31,36-37,41-42,44,46-50H,8-9,12,17-18,20,22,27-28,32H2,1-2H3. The summed E-state index contributed by atoms with van der Waals surface area (Å²) in [5.74, 6) is 2.26. The smallest absolute Gasteiger partial charge is 0.0792 e. The molecule has 0 radical (unpaired) electrons. The van der Waals surface area contributed by atoms with Crippen molar-refractivity contribution in [2.24, 2.45) is 23.2 Å². The van der Waals surface area contributed by atoms with Gasteiger partial charge in [0.1, 0.15) is 0 Å². The molecule has 10 atom stereocenters. The second-order valence-electron chi connectivity index (χ2n) is 18.3. The third-order valence-electron chi connectivity index (χ3n) is 15.4. The Morgan fingerprint density at radius 3 is 2.57 bits per heavy atom. The number of rotatable bonds is 5. The molecule has 0 bridgehead atoms. The summed E-state index contributed by atoms with van der Waals surface area (Å²) >= 11 is 0. The van der Waals surface area contributed by atoms with E-state index < -0.39 is 0 Å². The van der Waals surface area contributed by atoms with Gasteiger partial charge in [-0.05, 0) is 128 Å². The van der Waals surface area contributed by atoms with E-state index in [9.17, 15) is 0 Å². The highest BCUT2D eigenvalue weighted by Gasteiger charge is 2.54. The van der Waals surface area contributed by atoms with E-state index in [0.29, 0.717) is 60.0 Å². The molecule has 1 saturated heterocycles. The molecule has 9 aliphatic rings. The van der Waals surface area contributed by atoms with Crippen molar-refractivity contribution in [3.05, 3.63) is 155 Å². The molecule has 0 spiro atoms. The first kappa shape index (κ1) is 33.4. The average molecular weight is 713 g/mol. The largest absolute Gasteiger partial charge is 0.370 e. The number of nitrogens with zero attached hydrogens (tertiary/aromatic N) is 2. The van der Waals surface area contributed by atoms with Crippen molar-refractivity contribution in [2.45, 2.75) is 120 Å². The Morgan fingerprint density at radius 2 is 1.69 bits per heavy atom. The van der Waals surface area contributed by atoms with Gasteiger partial charge in [-0.15, -0.1) is 0 Å². The van der Waals surface area contributed by atoms with E-state index in [-0.39, 0.29) is 5.41 Å². The molecule has 276 valence electrons. The van der Waals surface area contributed by atoms with Gasteiger partial charge in [0.05, 0.1) is 18.2 Å². The van der Waals surface area contributed by atoms with Crippen molar-refractivity contribution < 1.29 is 4.74 Å². The van der Waals surface area contributed by atoms with Crippen LogP contribution in [0.25, 0.3) is 0 Å². The van der Waals surface area contributed by atoms with Crippen molar-refractivity contribution in [1.82, 2.24) is 4.90 Å². The lowest BCUT2D eigenvalue weighted by atomic mass is 9.68. The molecule has 10 unspecified atom stereocenters. The second-order valence-corrected chi connectivity index (χ2v) is 18.3. The van der Waals surface area contributed by atoms with Gasteiger partial charge in [0, 0.05) is 41.3 Å². The van der Waals surface area contributed by atoms with Crippen molar-refractivity contribution in [3.63, 3.8) is 0 Å². The van der Waals surface area contributed by atoms with Crippen LogP contribution in [0.3, 0.4) is 0 Å². The van der Waals surface area contributed by atoms with Crippen LogP contribution in [0.2, 0.25) is 0 Å². The fraction of sp³-hybridized carbons (Fsp3) is 0.451. The Balaban J connectivity index is 0.904. The van der Waals surface area contributed by atoms with Crippen LogP contribution in [-0.4, -0.2) is 41.3 Å². The van der Waals surface area contributed by atoms with Crippen molar-refractivity contribution in [2.75, 3.05) is 4.90 Å². The molecule has 2 aromatic carbocycles. The van der Waals surface area contributed by atoms with Crippen LogP contribution in [0.1, 0.15) is 89.5 Å². The lowest BCUT2D eigenvalue weighted by Gasteiger charge is -2.51. The predicted octanol–water partition coefficient (Wildman–Crippen LogP) is 11.6. The Morgan fingerprint density at radius 1 is 0.815 bits per heavy atom. The molecule has 0 amide bonds. The summed E-state index contributed by atoms with van der Waals surface area (Å²) in [6.07, 6.45) is 40.6. The van der Waals surface area contributed by atoms with Gasteiger partial charge in [0.15, 0.2) is 0 Å². The van der Waals surface area contributed by atoms with Crippen molar-refractivity contribution >= 4 is 11.4 Å². The summed E-state index contributed by atoms with van der Waals surface area (Å²) < 4.78 is 6.89. The molecule has 2 fully saturated rings. The molecule has 2 aromatic rings. The number of allylic oxidation sites excluding steroid dienone is 10. The zero-order valence-corrected chi connectivity index (χ0v) is 32.2. The Kier molecular flexibility index (Phi) is 8.10. The topological polar surface area (TPSA) is 15.7 Å². The third-order valence-corrected chi connectivity index (χ3v) is 15.4. The van der Waals surface area contributed by atoms with E-state index >= 15 is 0 Å². The number of hydrogen-bond acceptors (Lipinski definition) is 3. The number of anilines is 2. The second kappa shape index (κ2) is 13.1. The SMILES string of the molecule is CC1(C)C2=C(C=CCC2)C2=CCC(N(C3C=CC(C4=CC5c6ccccc6N(c6ccccc6)C5C=C4)=CC3)C3CCCC4OC5C=CCCC5C43)CC21. The highest BCUT2D eigenvalue weighted by Crippen LogP contribution is 2.58. The number of hydrogen-bond donors (Lipinski definition) is 0. The van der Waals surface area contributed by atoms with Gasteiger partial charge in [-0.1, -0.05) is 123 Å². The Bertz CT molecular complexity index is 2070. The Hall–Kier alpha value is -3.92. The highest BCUT2D eigenvalue weighted by atomic mass is 16.5. The van der Waals surface area contributed by atoms with Gasteiger partial charge >= 0.3 is 0 Å². The lowest BCUT2D eigenvalue weighted by Crippen LogP contribution is -2.57. The molecule has 0 N–H and O–H groups in total. The zero-order valence-electron chi connectivity index (χ0n) is 32.2. The van der Waals surface area contributed by atoms with Gasteiger partial charge in [0.2, 0.25) is 0 Å². The maximum Gasteiger partial charge on any atom is 0.0792 e. The molecule has 2 heterocycles. The summed E-state index contributed by atoms with van der Waals surface area (Å²) in [6.45, 7) is 5.13. The van der Waals surface area contributed by atoms with Gasteiger partial charge in [0.25, 0.3) is 0 Å². The first-order chi connectivity index (χ1) is 26.5. The molecule has 2 aliphatic heterocycles. The van der Waals surface area contributed by atoms with E-state index in [1.165, 1.54) is 85.9 Å². The number of ether oxygens (including phenoxy) is 1. The minimum atomic E-state index is 0.239. The summed E-state index contributed by atoms with van der Waals surface area (Å²) in [6, 6.07) is 21.8. The number of fused-ring (bicyclic) bond motifs is 8. The number of para-hydroxylation sites is 2. The van der Waals surface area contributed by atoms with Gasteiger partial charge < -0.3 is 9.64 Å². The van der Waals surface area contributed by atoms with E-state index in [1.54, 1.807) is 16.7 Å². The van der Waals surface area contributed by atoms with Crippen LogP contribution in [0.5, 0.6) is 0 Å². The predicted molar refractivity (Wildman–Crippen MR) is 222 cm³/mol. The summed E-state index contributed by atoms with van der Waals surface area (Å²) in [7, 11) is 0. The van der Waals surface area contributed by atoms with Crippen LogP contribution in [0, 0.1) is 23.2 Å². The minimum Gasteiger partial charge on any atom is -0.370 e. The molecule has 54 heavy (non-hydrogen) atoms. The summed E-state index contributed by atoms with van der Waals surface area (Å²) in [5, 5.41) is 0. The summed E-state index contributed by atoms with van der Waals surface area (Å²) in [5.41, 5.74) is 12.0. The summed E-state index contributed by atoms with van der Waals surface area (Å²) in [4.78, 5) is 5.64. The molecule has 7 aliphatic carbocycles.